The number of aromatic hydroxyl groups is 1. The highest BCUT2D eigenvalue weighted by Crippen LogP contribution is 2.47. The number of hydrogen-bond acceptors (Lipinski definition) is 9. The van der Waals surface area contributed by atoms with Crippen molar-refractivity contribution in [2.24, 2.45) is 17.3 Å². The Balaban J connectivity index is 1.69. The molecule has 2 atom stereocenters. The van der Waals surface area contributed by atoms with E-state index in [-0.39, 0.29) is 34.5 Å². The number of carboxylic acids is 1. The second kappa shape index (κ2) is 18.1. The number of unbranched alkanes of at least 4 members (excludes halogenated alkanes) is 2. The number of para-hydroxylation sites is 1. The molecule has 0 radical (unpaired) electrons. The number of Topliss-reactive ketones (excluding diaryl/α,β-unsaturated/α-hetero) is 1. The molecular weight excluding hydrogens is 701 g/mol. The van der Waals surface area contributed by atoms with E-state index < -0.39 is 51.5 Å². The lowest BCUT2D eigenvalue weighted by Crippen LogP contribution is -2.38. The Morgan fingerprint density at radius 2 is 1.62 bits per heavy atom. The normalized spacial score (nSPS) is 16.0. The molecule has 1 amide bonds. The number of benzene rings is 3. The van der Waals surface area contributed by atoms with Crippen molar-refractivity contribution in [2.45, 2.75) is 88.5 Å². The van der Waals surface area contributed by atoms with Gasteiger partial charge in [0, 0.05) is 30.1 Å². The predicted molar refractivity (Wildman–Crippen MR) is 205 cm³/mol. The molecule has 0 aromatic heterocycles. The summed E-state index contributed by atoms with van der Waals surface area (Å²) in [6.07, 6.45) is 6.86. The van der Waals surface area contributed by atoms with Crippen molar-refractivity contribution in [3.8, 4) is 11.5 Å². The molecule has 0 saturated heterocycles. The lowest BCUT2D eigenvalue weighted by atomic mass is 9.79. The zero-order valence-corrected chi connectivity index (χ0v) is 32.4. The van der Waals surface area contributed by atoms with Crippen molar-refractivity contribution in [1.82, 2.24) is 5.32 Å². The molecule has 0 aliphatic carbocycles. The van der Waals surface area contributed by atoms with Gasteiger partial charge in [0.2, 0.25) is 0 Å². The average Bonchev–Trinajstić information content (AvgIpc) is 3.21. The predicted octanol–water partition coefficient (Wildman–Crippen LogP) is 7.96. The summed E-state index contributed by atoms with van der Waals surface area (Å²) < 4.78 is 34.9. The van der Waals surface area contributed by atoms with Crippen LogP contribution in [0, 0.1) is 17.3 Å². The van der Waals surface area contributed by atoms with Crippen molar-refractivity contribution < 1.29 is 37.8 Å². The van der Waals surface area contributed by atoms with Gasteiger partial charge in [-0.3, -0.25) is 14.4 Å². The first-order valence-electron chi connectivity index (χ1n) is 18.0. The minimum Gasteiger partial charge on any atom is -0.508 e. The van der Waals surface area contributed by atoms with Crippen LogP contribution in [0.15, 0.2) is 76.5 Å². The fourth-order valence-electron chi connectivity index (χ4n) is 6.88. The third-order valence-corrected chi connectivity index (χ3v) is 12.6. The molecular formula is C40H52N2O8S2. The van der Waals surface area contributed by atoms with Gasteiger partial charge in [0.15, 0.2) is 22.2 Å². The first kappa shape index (κ1) is 40.7. The summed E-state index contributed by atoms with van der Waals surface area (Å²) in [7, 11) is -3.81. The number of ether oxygens (including phenoxy) is 1. The van der Waals surface area contributed by atoms with Crippen LogP contribution in [-0.2, 0) is 24.2 Å². The Bertz CT molecular complexity index is 1790. The molecule has 282 valence electrons. The SMILES string of the molecule is CCCCC1(CCCC)CN(c2ccccc2)c2cc(SC)c(OCC(=O)NC(C(=O)C[C@H](C(=O)O)C(C)C)c3ccc(O)cc3)cc2S(=O)(=O)C1. The van der Waals surface area contributed by atoms with Gasteiger partial charge in [0.25, 0.3) is 5.91 Å². The van der Waals surface area contributed by atoms with Crippen LogP contribution in [0.5, 0.6) is 11.5 Å². The van der Waals surface area contributed by atoms with Crippen LogP contribution in [-0.4, -0.2) is 61.5 Å². The summed E-state index contributed by atoms with van der Waals surface area (Å²) >= 11 is 1.37. The number of aliphatic carboxylic acids is 1. The monoisotopic (exact) mass is 752 g/mol. The number of carbonyl (C=O) groups is 3. The second-order valence-electron chi connectivity index (χ2n) is 14.1. The number of carboxylic acid groups (broad SMARTS) is 1. The lowest BCUT2D eigenvalue weighted by molar-refractivity contribution is -0.145. The summed E-state index contributed by atoms with van der Waals surface area (Å²) in [5, 5.41) is 22.2. The van der Waals surface area contributed by atoms with Gasteiger partial charge < -0.3 is 25.2 Å². The van der Waals surface area contributed by atoms with E-state index >= 15 is 0 Å². The van der Waals surface area contributed by atoms with Gasteiger partial charge in [0.1, 0.15) is 17.5 Å². The van der Waals surface area contributed by atoms with E-state index in [9.17, 15) is 33.0 Å². The van der Waals surface area contributed by atoms with Gasteiger partial charge in [-0.05, 0) is 60.9 Å². The van der Waals surface area contributed by atoms with Crippen LogP contribution in [0.3, 0.4) is 0 Å². The maximum absolute atomic E-state index is 14.4. The number of nitrogens with one attached hydrogen (secondary N) is 1. The molecule has 10 nitrogen and oxygen atoms in total. The van der Waals surface area contributed by atoms with Crippen LogP contribution in [0.25, 0.3) is 0 Å². The van der Waals surface area contributed by atoms with E-state index in [4.69, 9.17) is 4.74 Å². The molecule has 52 heavy (non-hydrogen) atoms. The van der Waals surface area contributed by atoms with E-state index in [1.54, 1.807) is 13.8 Å². The van der Waals surface area contributed by atoms with E-state index in [2.05, 4.69) is 24.1 Å². The molecule has 12 heteroatoms. The van der Waals surface area contributed by atoms with Crippen molar-refractivity contribution in [2.75, 3.05) is 30.1 Å². The fourth-order valence-corrected chi connectivity index (χ4v) is 9.55. The quantitative estimate of drug-likeness (QED) is 0.109. The molecule has 3 aromatic carbocycles. The van der Waals surface area contributed by atoms with E-state index in [0.717, 1.165) is 44.2 Å². The summed E-state index contributed by atoms with van der Waals surface area (Å²) in [6.45, 7) is 7.69. The Hall–Kier alpha value is -4.03. The Kier molecular flexibility index (Phi) is 14.2. The zero-order valence-electron chi connectivity index (χ0n) is 30.8. The third-order valence-electron chi connectivity index (χ3n) is 9.81. The molecule has 0 spiro atoms. The van der Waals surface area contributed by atoms with Crippen molar-refractivity contribution >= 4 is 50.6 Å². The molecule has 0 saturated carbocycles. The topological polar surface area (TPSA) is 150 Å². The number of amides is 1. The molecule has 1 aliphatic rings. The number of ketones is 1. The van der Waals surface area contributed by atoms with Crippen molar-refractivity contribution in [3.63, 3.8) is 0 Å². The smallest absolute Gasteiger partial charge is 0.307 e. The van der Waals surface area contributed by atoms with E-state index in [1.807, 2.05) is 42.7 Å². The highest BCUT2D eigenvalue weighted by molar-refractivity contribution is 7.98. The number of anilines is 2. The van der Waals surface area contributed by atoms with Gasteiger partial charge in [0.05, 0.1) is 27.1 Å². The molecule has 1 heterocycles. The van der Waals surface area contributed by atoms with Gasteiger partial charge in [-0.15, -0.1) is 11.8 Å². The molecule has 0 fully saturated rings. The van der Waals surface area contributed by atoms with Gasteiger partial charge in [-0.1, -0.05) is 83.7 Å². The molecule has 3 aromatic rings. The Morgan fingerprint density at radius 3 is 2.17 bits per heavy atom. The molecule has 1 unspecified atom stereocenters. The number of carbonyl (C=O) groups excluding carboxylic acids is 2. The number of phenols is 1. The van der Waals surface area contributed by atoms with Crippen molar-refractivity contribution in [3.05, 3.63) is 72.3 Å². The van der Waals surface area contributed by atoms with E-state index in [1.165, 1.54) is 42.1 Å². The first-order valence-corrected chi connectivity index (χ1v) is 20.9. The maximum atomic E-state index is 14.4. The lowest BCUT2D eigenvalue weighted by Gasteiger charge is -2.37. The van der Waals surface area contributed by atoms with Gasteiger partial charge in [-0.25, -0.2) is 8.42 Å². The number of rotatable bonds is 18. The summed E-state index contributed by atoms with van der Waals surface area (Å²) in [6, 6.07) is 17.7. The standard InChI is InChI=1S/C40H52N2O8S2/c1-6-8-19-40(20-9-7-2)25-42(29-13-11-10-12-14-29)32-22-35(51-5)34(23-36(32)52(48,49)26-40)50-24-37(45)41-38(28-15-17-30(43)18-16-28)33(44)21-31(27(3)4)39(46)47/h10-18,22-23,27,31,38,43H,6-9,19-21,24-26H2,1-5H3,(H,41,45)(H,46,47)/t31-,38?/m0/s1. The van der Waals surface area contributed by atoms with Crippen LogP contribution in [0.1, 0.15) is 84.2 Å². The second-order valence-corrected chi connectivity index (χ2v) is 16.9. The molecule has 3 N–H and O–H groups in total. The number of phenolic OH excluding ortho intramolecular Hbond substituents is 1. The number of nitrogens with zero attached hydrogens (tertiary/aromatic N) is 1. The van der Waals surface area contributed by atoms with Crippen LogP contribution in [0.4, 0.5) is 11.4 Å². The highest BCUT2D eigenvalue weighted by atomic mass is 32.2. The minimum absolute atomic E-state index is 0.000982. The van der Waals surface area contributed by atoms with Crippen molar-refractivity contribution in [1.29, 1.82) is 0 Å². The number of hydrogen-bond donors (Lipinski definition) is 3. The summed E-state index contributed by atoms with van der Waals surface area (Å²) in [4.78, 5) is 41.7. The summed E-state index contributed by atoms with van der Waals surface area (Å²) in [5.41, 5.74) is 1.37. The molecule has 4 rings (SSSR count). The van der Waals surface area contributed by atoms with Crippen LogP contribution in [0.2, 0.25) is 0 Å². The van der Waals surface area contributed by atoms with Crippen LogP contribution >= 0.6 is 11.8 Å². The van der Waals surface area contributed by atoms with Gasteiger partial charge >= 0.3 is 5.97 Å². The number of fused-ring (bicyclic) bond motifs is 1. The highest BCUT2D eigenvalue weighted by Gasteiger charge is 2.42. The van der Waals surface area contributed by atoms with Crippen LogP contribution < -0.4 is 15.0 Å². The Morgan fingerprint density at radius 1 is 0.981 bits per heavy atom. The average molecular weight is 753 g/mol. The minimum atomic E-state index is -3.81. The van der Waals surface area contributed by atoms with Gasteiger partial charge in [-0.2, -0.15) is 0 Å². The maximum Gasteiger partial charge on any atom is 0.307 e. The Labute approximate surface area is 312 Å². The molecule has 0 bridgehead atoms. The fraction of sp³-hybridized carbons (Fsp3) is 0.475. The number of thioether (sulfide) groups is 1. The molecule has 1 aliphatic heterocycles. The summed E-state index contributed by atoms with van der Waals surface area (Å²) in [5.74, 6) is -3.35. The zero-order chi connectivity index (χ0) is 38.1. The first-order chi connectivity index (χ1) is 24.7. The largest absolute Gasteiger partial charge is 0.508 e. The number of sulfone groups is 1. The van der Waals surface area contributed by atoms with E-state index in [0.29, 0.717) is 22.7 Å². The third kappa shape index (κ3) is 10.1.